The van der Waals surface area contributed by atoms with E-state index in [9.17, 15) is 4.79 Å². The first-order valence-corrected chi connectivity index (χ1v) is 5.97. The van der Waals surface area contributed by atoms with Crippen LogP contribution in [0, 0.1) is 5.92 Å². The minimum Gasteiger partial charge on any atom is -0.350 e. The monoisotopic (exact) mass is 210 g/mol. The van der Waals surface area contributed by atoms with Crippen LogP contribution in [0.4, 0.5) is 0 Å². The highest BCUT2D eigenvalue weighted by molar-refractivity contribution is 7.07. The lowest BCUT2D eigenvalue weighted by atomic mass is 10.1. The van der Waals surface area contributed by atoms with Crippen LogP contribution in [0.2, 0.25) is 0 Å². The maximum Gasteiger partial charge on any atom is 0.270 e. The number of amides is 1. The Bertz CT molecular complexity index is 291. The van der Waals surface area contributed by atoms with E-state index in [1.54, 1.807) is 10.9 Å². The van der Waals surface area contributed by atoms with Gasteiger partial charge in [-0.15, -0.1) is 11.3 Å². The second-order valence-corrected chi connectivity index (χ2v) is 4.45. The molecule has 1 aromatic heterocycles. The van der Waals surface area contributed by atoms with E-state index >= 15 is 0 Å². The summed E-state index contributed by atoms with van der Waals surface area (Å²) in [4.78, 5) is 15.5. The standard InChI is InChI=1S/C10H14N2OS/c13-10(9-6-14-7-12-9)11-5-8-3-1-2-4-8/h6-8H,1-5H2,(H,11,13). The number of carbonyl (C=O) groups excluding carboxylic acids is 1. The molecule has 76 valence electrons. The molecule has 3 nitrogen and oxygen atoms in total. The molecule has 0 spiro atoms. The van der Waals surface area contributed by atoms with Crippen molar-refractivity contribution in [1.29, 1.82) is 0 Å². The Kier molecular flexibility index (Phi) is 3.14. The van der Waals surface area contributed by atoms with Gasteiger partial charge >= 0.3 is 0 Å². The van der Waals surface area contributed by atoms with Crippen LogP contribution in [0.5, 0.6) is 0 Å². The summed E-state index contributed by atoms with van der Waals surface area (Å²) in [5.74, 6) is 0.663. The predicted molar refractivity (Wildman–Crippen MR) is 56.4 cm³/mol. The maximum atomic E-state index is 11.5. The molecular weight excluding hydrogens is 196 g/mol. The summed E-state index contributed by atoms with van der Waals surface area (Å²) in [6, 6.07) is 0. The van der Waals surface area contributed by atoms with Crippen molar-refractivity contribution in [3.63, 3.8) is 0 Å². The zero-order chi connectivity index (χ0) is 9.80. The van der Waals surface area contributed by atoms with Crippen molar-refractivity contribution < 1.29 is 4.79 Å². The predicted octanol–water partition coefficient (Wildman–Crippen LogP) is 2.06. The third-order valence-electron chi connectivity index (χ3n) is 2.69. The third-order valence-corrected chi connectivity index (χ3v) is 3.28. The van der Waals surface area contributed by atoms with Crippen molar-refractivity contribution in [3.8, 4) is 0 Å². The molecule has 0 radical (unpaired) electrons. The number of nitrogens with zero attached hydrogens (tertiary/aromatic N) is 1. The summed E-state index contributed by atoms with van der Waals surface area (Å²) in [5.41, 5.74) is 2.23. The molecule has 0 atom stereocenters. The number of carbonyl (C=O) groups is 1. The van der Waals surface area contributed by atoms with Crippen LogP contribution in [-0.4, -0.2) is 17.4 Å². The Hall–Kier alpha value is -0.900. The molecule has 14 heavy (non-hydrogen) atoms. The largest absolute Gasteiger partial charge is 0.350 e. The molecule has 2 rings (SSSR count). The van der Waals surface area contributed by atoms with E-state index in [1.807, 2.05) is 0 Å². The van der Waals surface area contributed by atoms with E-state index in [-0.39, 0.29) is 5.91 Å². The first kappa shape index (κ1) is 9.65. The highest BCUT2D eigenvalue weighted by Gasteiger charge is 2.16. The van der Waals surface area contributed by atoms with Gasteiger partial charge in [0.05, 0.1) is 5.51 Å². The van der Waals surface area contributed by atoms with Crippen molar-refractivity contribution in [1.82, 2.24) is 10.3 Å². The lowest BCUT2D eigenvalue weighted by Crippen LogP contribution is -2.28. The van der Waals surface area contributed by atoms with Gasteiger partial charge in [-0.3, -0.25) is 4.79 Å². The van der Waals surface area contributed by atoms with Crippen molar-refractivity contribution >= 4 is 17.2 Å². The van der Waals surface area contributed by atoms with Crippen LogP contribution in [0.3, 0.4) is 0 Å². The molecule has 1 aromatic rings. The number of hydrogen-bond acceptors (Lipinski definition) is 3. The minimum atomic E-state index is -0.0295. The van der Waals surface area contributed by atoms with Crippen LogP contribution in [0.15, 0.2) is 10.9 Å². The fourth-order valence-corrected chi connectivity index (χ4v) is 2.40. The number of hydrogen-bond donors (Lipinski definition) is 1. The average Bonchev–Trinajstić information content (AvgIpc) is 2.87. The van der Waals surface area contributed by atoms with Gasteiger partial charge in [-0.05, 0) is 18.8 Å². The van der Waals surface area contributed by atoms with Gasteiger partial charge in [-0.25, -0.2) is 4.98 Å². The second-order valence-electron chi connectivity index (χ2n) is 3.73. The minimum absolute atomic E-state index is 0.0295. The van der Waals surface area contributed by atoms with Gasteiger partial charge in [0.25, 0.3) is 5.91 Å². The highest BCUT2D eigenvalue weighted by atomic mass is 32.1. The molecule has 1 saturated carbocycles. The summed E-state index contributed by atoms with van der Waals surface area (Å²) in [7, 11) is 0. The van der Waals surface area contributed by atoms with Crippen LogP contribution < -0.4 is 5.32 Å². The summed E-state index contributed by atoms with van der Waals surface area (Å²) in [5, 5.41) is 4.71. The molecule has 1 heterocycles. The number of nitrogens with one attached hydrogen (secondary N) is 1. The summed E-state index contributed by atoms with van der Waals surface area (Å²) in [6.07, 6.45) is 5.16. The molecule has 0 bridgehead atoms. The fourth-order valence-electron chi connectivity index (χ4n) is 1.87. The molecule has 0 unspecified atom stereocenters. The van der Waals surface area contributed by atoms with Crippen LogP contribution >= 0.6 is 11.3 Å². The van der Waals surface area contributed by atoms with Crippen molar-refractivity contribution in [2.24, 2.45) is 5.92 Å². The Morgan fingerprint density at radius 3 is 3.00 bits per heavy atom. The van der Waals surface area contributed by atoms with E-state index in [2.05, 4.69) is 10.3 Å². The molecule has 0 saturated heterocycles. The third kappa shape index (κ3) is 2.32. The molecule has 4 heteroatoms. The van der Waals surface area contributed by atoms with E-state index in [0.717, 1.165) is 6.54 Å². The maximum absolute atomic E-state index is 11.5. The molecule has 0 aliphatic heterocycles. The second kappa shape index (κ2) is 4.55. The quantitative estimate of drug-likeness (QED) is 0.829. The molecule has 1 amide bonds. The lowest BCUT2D eigenvalue weighted by molar-refractivity contribution is 0.0943. The Morgan fingerprint density at radius 2 is 2.36 bits per heavy atom. The van der Waals surface area contributed by atoms with Gasteiger partial charge in [0.1, 0.15) is 5.69 Å². The summed E-state index contributed by atoms with van der Waals surface area (Å²) >= 11 is 1.45. The Labute approximate surface area is 87.6 Å². The Morgan fingerprint density at radius 1 is 1.57 bits per heavy atom. The molecular formula is C10H14N2OS. The normalized spacial score (nSPS) is 17.1. The van der Waals surface area contributed by atoms with E-state index in [0.29, 0.717) is 11.6 Å². The smallest absolute Gasteiger partial charge is 0.270 e. The number of thiazole rings is 1. The molecule has 1 aliphatic carbocycles. The average molecular weight is 210 g/mol. The van der Waals surface area contributed by atoms with Crippen LogP contribution in [-0.2, 0) is 0 Å². The van der Waals surface area contributed by atoms with Crippen molar-refractivity contribution in [2.75, 3.05) is 6.54 Å². The van der Waals surface area contributed by atoms with E-state index in [1.165, 1.54) is 37.0 Å². The molecule has 1 fully saturated rings. The van der Waals surface area contributed by atoms with Crippen LogP contribution in [0.1, 0.15) is 36.2 Å². The van der Waals surface area contributed by atoms with E-state index < -0.39 is 0 Å². The topological polar surface area (TPSA) is 42.0 Å². The zero-order valence-electron chi connectivity index (χ0n) is 8.03. The van der Waals surface area contributed by atoms with E-state index in [4.69, 9.17) is 0 Å². The first-order valence-electron chi connectivity index (χ1n) is 5.02. The van der Waals surface area contributed by atoms with Gasteiger partial charge in [0.2, 0.25) is 0 Å². The Balaban J connectivity index is 1.78. The van der Waals surface area contributed by atoms with Crippen LogP contribution in [0.25, 0.3) is 0 Å². The SMILES string of the molecule is O=C(NCC1CCCC1)c1cscn1. The summed E-state index contributed by atoms with van der Waals surface area (Å²) < 4.78 is 0. The first-order chi connectivity index (χ1) is 6.86. The molecule has 1 N–H and O–H groups in total. The van der Waals surface area contributed by atoms with Gasteiger partial charge in [0.15, 0.2) is 0 Å². The number of aromatic nitrogens is 1. The van der Waals surface area contributed by atoms with Gasteiger partial charge < -0.3 is 5.32 Å². The fraction of sp³-hybridized carbons (Fsp3) is 0.600. The van der Waals surface area contributed by atoms with Crippen molar-refractivity contribution in [2.45, 2.75) is 25.7 Å². The highest BCUT2D eigenvalue weighted by Crippen LogP contribution is 2.23. The zero-order valence-corrected chi connectivity index (χ0v) is 8.85. The van der Waals surface area contributed by atoms with Gasteiger partial charge in [0, 0.05) is 11.9 Å². The summed E-state index contributed by atoms with van der Waals surface area (Å²) in [6.45, 7) is 0.816. The van der Waals surface area contributed by atoms with Gasteiger partial charge in [-0.2, -0.15) is 0 Å². The molecule has 1 aliphatic rings. The number of rotatable bonds is 3. The lowest BCUT2D eigenvalue weighted by Gasteiger charge is -2.08. The molecule has 0 aromatic carbocycles. The van der Waals surface area contributed by atoms with Gasteiger partial charge in [-0.1, -0.05) is 12.8 Å². The van der Waals surface area contributed by atoms with Crippen molar-refractivity contribution in [3.05, 3.63) is 16.6 Å².